The average Bonchev–Trinajstić information content (AvgIpc) is 3.15. The molecule has 0 heterocycles. The molecule has 20 heavy (non-hydrogen) atoms. The Hall–Kier alpha value is -1.36. The number of carboxylic acids is 1. The van der Waals surface area contributed by atoms with Gasteiger partial charge < -0.3 is 10.4 Å². The molecule has 0 saturated heterocycles. The third-order valence-electron chi connectivity index (χ3n) is 3.55. The SMILES string of the molecule is CC(CNC(=O)C1CC1c1cccc(Br)c1)CC(=O)O. The highest BCUT2D eigenvalue weighted by Crippen LogP contribution is 2.47. The molecule has 0 bridgehead atoms. The summed E-state index contributed by atoms with van der Waals surface area (Å²) in [7, 11) is 0. The Kier molecular flexibility index (Phi) is 4.81. The van der Waals surface area contributed by atoms with Crippen LogP contribution in [0.2, 0.25) is 0 Å². The van der Waals surface area contributed by atoms with Crippen LogP contribution in [0.1, 0.15) is 31.2 Å². The lowest BCUT2D eigenvalue weighted by molar-refractivity contribution is -0.138. The number of aliphatic carboxylic acids is 1. The van der Waals surface area contributed by atoms with Crippen molar-refractivity contribution in [2.75, 3.05) is 6.54 Å². The first kappa shape index (κ1) is 15.0. The van der Waals surface area contributed by atoms with Crippen molar-refractivity contribution in [2.24, 2.45) is 11.8 Å². The molecule has 0 spiro atoms. The van der Waals surface area contributed by atoms with E-state index in [-0.39, 0.29) is 24.2 Å². The first-order chi connectivity index (χ1) is 9.47. The molecule has 1 aromatic carbocycles. The predicted molar refractivity (Wildman–Crippen MR) is 79.4 cm³/mol. The summed E-state index contributed by atoms with van der Waals surface area (Å²) in [6, 6.07) is 8.02. The van der Waals surface area contributed by atoms with E-state index < -0.39 is 5.97 Å². The van der Waals surface area contributed by atoms with Gasteiger partial charge in [0.1, 0.15) is 0 Å². The highest BCUT2D eigenvalue weighted by molar-refractivity contribution is 9.10. The standard InChI is InChI=1S/C15H18BrNO3/c1-9(5-14(18)19)8-17-15(20)13-7-12(13)10-3-2-4-11(16)6-10/h2-4,6,9,12-13H,5,7-8H2,1H3,(H,17,20)(H,18,19). The second-order valence-corrected chi connectivity index (χ2v) is 6.37. The Bertz CT molecular complexity index is 518. The minimum Gasteiger partial charge on any atom is -0.481 e. The first-order valence-corrected chi connectivity index (χ1v) is 7.51. The summed E-state index contributed by atoms with van der Waals surface area (Å²) in [6.07, 6.45) is 0.954. The van der Waals surface area contributed by atoms with Crippen molar-refractivity contribution < 1.29 is 14.7 Å². The van der Waals surface area contributed by atoms with Crippen LogP contribution in [0.15, 0.2) is 28.7 Å². The average molecular weight is 340 g/mol. The highest BCUT2D eigenvalue weighted by Gasteiger charge is 2.43. The molecule has 1 aliphatic rings. The summed E-state index contributed by atoms with van der Waals surface area (Å²) < 4.78 is 1.02. The molecule has 1 fully saturated rings. The van der Waals surface area contributed by atoms with E-state index in [4.69, 9.17) is 5.11 Å². The number of halogens is 1. The van der Waals surface area contributed by atoms with Crippen LogP contribution in [0.3, 0.4) is 0 Å². The molecular formula is C15H18BrNO3. The Morgan fingerprint density at radius 1 is 1.50 bits per heavy atom. The summed E-state index contributed by atoms with van der Waals surface area (Å²) in [6.45, 7) is 2.25. The van der Waals surface area contributed by atoms with Gasteiger partial charge in [-0.25, -0.2) is 0 Å². The fraction of sp³-hybridized carbons (Fsp3) is 0.467. The molecule has 108 valence electrons. The van der Waals surface area contributed by atoms with Crippen LogP contribution in [0.5, 0.6) is 0 Å². The molecule has 2 rings (SSSR count). The van der Waals surface area contributed by atoms with Gasteiger partial charge in [-0.3, -0.25) is 9.59 Å². The number of carbonyl (C=O) groups excluding carboxylic acids is 1. The van der Waals surface area contributed by atoms with Crippen LogP contribution in [0.4, 0.5) is 0 Å². The third-order valence-corrected chi connectivity index (χ3v) is 4.05. The number of carboxylic acid groups (broad SMARTS) is 1. The second-order valence-electron chi connectivity index (χ2n) is 5.45. The summed E-state index contributed by atoms with van der Waals surface area (Å²) in [4.78, 5) is 22.5. The molecule has 1 amide bonds. The van der Waals surface area contributed by atoms with Gasteiger partial charge in [-0.2, -0.15) is 0 Å². The normalized spacial score (nSPS) is 22.1. The molecule has 3 unspecified atom stereocenters. The molecule has 1 aliphatic carbocycles. The Labute approximate surface area is 126 Å². The zero-order chi connectivity index (χ0) is 14.7. The maximum atomic E-state index is 12.0. The number of amides is 1. The van der Waals surface area contributed by atoms with Gasteiger partial charge in [0, 0.05) is 23.4 Å². The topological polar surface area (TPSA) is 66.4 Å². The summed E-state index contributed by atoms with van der Waals surface area (Å²) in [5.74, 6) is -0.513. The van der Waals surface area contributed by atoms with E-state index in [0.717, 1.165) is 10.9 Å². The minimum absolute atomic E-state index is 0.0290. The van der Waals surface area contributed by atoms with Crippen LogP contribution < -0.4 is 5.32 Å². The van der Waals surface area contributed by atoms with Crippen molar-refractivity contribution >= 4 is 27.8 Å². The zero-order valence-electron chi connectivity index (χ0n) is 11.3. The van der Waals surface area contributed by atoms with Gasteiger partial charge in [0.15, 0.2) is 0 Å². The van der Waals surface area contributed by atoms with Crippen molar-refractivity contribution in [1.82, 2.24) is 5.32 Å². The lowest BCUT2D eigenvalue weighted by Gasteiger charge is -2.10. The smallest absolute Gasteiger partial charge is 0.303 e. The van der Waals surface area contributed by atoms with Crippen molar-refractivity contribution in [3.05, 3.63) is 34.3 Å². The van der Waals surface area contributed by atoms with Gasteiger partial charge >= 0.3 is 5.97 Å². The molecule has 4 nitrogen and oxygen atoms in total. The molecule has 0 aromatic heterocycles. The van der Waals surface area contributed by atoms with Crippen molar-refractivity contribution in [3.8, 4) is 0 Å². The summed E-state index contributed by atoms with van der Waals surface area (Å²) >= 11 is 3.43. The van der Waals surface area contributed by atoms with Gasteiger partial charge in [0.05, 0.1) is 0 Å². The van der Waals surface area contributed by atoms with Gasteiger partial charge in [-0.15, -0.1) is 0 Å². The Morgan fingerprint density at radius 3 is 2.90 bits per heavy atom. The number of hydrogen-bond donors (Lipinski definition) is 2. The van der Waals surface area contributed by atoms with E-state index in [0.29, 0.717) is 12.5 Å². The van der Waals surface area contributed by atoms with Crippen molar-refractivity contribution in [3.63, 3.8) is 0 Å². The molecule has 0 aliphatic heterocycles. The number of carbonyl (C=O) groups is 2. The highest BCUT2D eigenvalue weighted by atomic mass is 79.9. The first-order valence-electron chi connectivity index (χ1n) is 6.72. The van der Waals surface area contributed by atoms with Crippen LogP contribution in [-0.4, -0.2) is 23.5 Å². The fourth-order valence-corrected chi connectivity index (χ4v) is 2.78. The lowest BCUT2D eigenvalue weighted by Crippen LogP contribution is -2.30. The molecule has 3 atom stereocenters. The maximum absolute atomic E-state index is 12.0. The fourth-order valence-electron chi connectivity index (χ4n) is 2.37. The van der Waals surface area contributed by atoms with E-state index >= 15 is 0 Å². The van der Waals surface area contributed by atoms with Gasteiger partial charge in [0.25, 0.3) is 0 Å². The van der Waals surface area contributed by atoms with E-state index in [1.807, 2.05) is 31.2 Å². The van der Waals surface area contributed by atoms with Crippen LogP contribution >= 0.6 is 15.9 Å². The lowest BCUT2D eigenvalue weighted by atomic mass is 10.1. The quantitative estimate of drug-likeness (QED) is 0.837. The van der Waals surface area contributed by atoms with E-state index in [9.17, 15) is 9.59 Å². The minimum atomic E-state index is -0.829. The van der Waals surface area contributed by atoms with Crippen LogP contribution in [0, 0.1) is 11.8 Å². The zero-order valence-corrected chi connectivity index (χ0v) is 12.9. The number of nitrogens with one attached hydrogen (secondary N) is 1. The molecule has 1 aromatic rings. The van der Waals surface area contributed by atoms with Crippen LogP contribution in [0.25, 0.3) is 0 Å². The molecule has 5 heteroatoms. The number of rotatable bonds is 6. The Morgan fingerprint density at radius 2 is 2.25 bits per heavy atom. The van der Waals surface area contributed by atoms with E-state index in [2.05, 4.69) is 21.2 Å². The van der Waals surface area contributed by atoms with Crippen molar-refractivity contribution in [1.29, 1.82) is 0 Å². The maximum Gasteiger partial charge on any atom is 0.303 e. The molecule has 2 N–H and O–H groups in total. The predicted octanol–water partition coefficient (Wildman–Crippen LogP) is 2.78. The van der Waals surface area contributed by atoms with Crippen LogP contribution in [-0.2, 0) is 9.59 Å². The summed E-state index contributed by atoms with van der Waals surface area (Å²) in [5.41, 5.74) is 1.18. The van der Waals surface area contributed by atoms with Gasteiger partial charge in [0.2, 0.25) is 5.91 Å². The molecule has 1 saturated carbocycles. The van der Waals surface area contributed by atoms with E-state index in [1.165, 1.54) is 5.56 Å². The summed E-state index contributed by atoms with van der Waals surface area (Å²) in [5, 5.41) is 11.5. The number of hydrogen-bond acceptors (Lipinski definition) is 2. The third kappa shape index (κ3) is 4.07. The number of benzene rings is 1. The molecule has 0 radical (unpaired) electrons. The largest absolute Gasteiger partial charge is 0.481 e. The van der Waals surface area contributed by atoms with Crippen molar-refractivity contribution in [2.45, 2.75) is 25.7 Å². The Balaban J connectivity index is 1.80. The monoisotopic (exact) mass is 339 g/mol. The van der Waals surface area contributed by atoms with Gasteiger partial charge in [-0.05, 0) is 36.0 Å². The molecular weight excluding hydrogens is 322 g/mol. The van der Waals surface area contributed by atoms with Gasteiger partial charge in [-0.1, -0.05) is 35.0 Å². The van der Waals surface area contributed by atoms with E-state index in [1.54, 1.807) is 0 Å². The second kappa shape index (κ2) is 6.39.